The van der Waals surface area contributed by atoms with E-state index in [1.54, 1.807) is 0 Å². The van der Waals surface area contributed by atoms with Gasteiger partial charge in [-0.3, -0.25) is 0 Å². The Morgan fingerprint density at radius 1 is 0.543 bits per heavy atom. The van der Waals surface area contributed by atoms with E-state index in [0.29, 0.717) is 19.8 Å². The predicted octanol–water partition coefficient (Wildman–Crippen LogP) is 4.37. The molecule has 6 nitrogen and oxygen atoms in total. The number of hydrogen-bond acceptors (Lipinski definition) is 6. The summed E-state index contributed by atoms with van der Waals surface area (Å²) in [5.41, 5.74) is 3.14. The molecule has 0 aromatic heterocycles. The number of ether oxygens (including phenoxy) is 6. The van der Waals surface area contributed by atoms with Gasteiger partial charge in [0.1, 0.15) is 55.4 Å². The van der Waals surface area contributed by atoms with Crippen LogP contribution in [0.4, 0.5) is 0 Å². The minimum Gasteiger partial charge on any atom is -0.491 e. The standard InChI is InChI=1S/C29H30O6/c1-29(20-2-8-23(9-3-20)30-14-26-17-33-26,21-4-10-24(11-5-21)31-15-27-18-34-27)22-6-12-25(13-7-22)32-16-28-19-35-28/h2-13,26-28H,14-19H2,1H3/t26-,27-,28-/m0/s1. The summed E-state index contributed by atoms with van der Waals surface area (Å²) in [5, 5.41) is 0. The Morgan fingerprint density at radius 2 is 0.800 bits per heavy atom. The van der Waals surface area contributed by atoms with Gasteiger partial charge in [0.2, 0.25) is 0 Å². The van der Waals surface area contributed by atoms with Gasteiger partial charge in [-0.15, -0.1) is 0 Å². The van der Waals surface area contributed by atoms with Crippen LogP contribution in [-0.2, 0) is 19.6 Å². The Hall–Kier alpha value is -3.06. The first kappa shape index (κ1) is 22.4. The van der Waals surface area contributed by atoms with E-state index in [1.165, 1.54) is 16.7 Å². The summed E-state index contributed by atoms with van der Waals surface area (Å²) in [5.74, 6) is 2.55. The van der Waals surface area contributed by atoms with Gasteiger partial charge in [0.15, 0.2) is 0 Å². The molecule has 3 aromatic rings. The van der Waals surface area contributed by atoms with Crippen molar-refractivity contribution in [3.8, 4) is 17.2 Å². The second kappa shape index (κ2) is 9.53. The van der Waals surface area contributed by atoms with E-state index in [2.05, 4.69) is 43.3 Å². The minimum absolute atomic E-state index is 0.236. The first-order valence-electron chi connectivity index (χ1n) is 12.2. The molecule has 0 N–H and O–H groups in total. The third-order valence-electron chi connectivity index (χ3n) is 6.81. The summed E-state index contributed by atoms with van der Waals surface area (Å²) in [6.45, 7) is 6.40. The lowest BCUT2D eigenvalue weighted by atomic mass is 9.71. The molecule has 3 saturated heterocycles. The van der Waals surface area contributed by atoms with Crippen molar-refractivity contribution < 1.29 is 28.4 Å². The molecule has 3 atom stereocenters. The SMILES string of the molecule is CC(c1ccc(OC[C@H]2CO2)cc1)(c1ccc(OC[C@H]2CO2)cc1)c1ccc(OC[C@H]2CO2)cc1. The van der Waals surface area contributed by atoms with Crippen LogP contribution < -0.4 is 14.2 Å². The maximum absolute atomic E-state index is 5.86. The van der Waals surface area contributed by atoms with Crippen LogP contribution in [0.2, 0.25) is 0 Å². The van der Waals surface area contributed by atoms with Crippen molar-refractivity contribution in [2.24, 2.45) is 0 Å². The Bertz CT molecular complexity index is 969. The highest BCUT2D eigenvalue weighted by molar-refractivity contribution is 5.52. The Kier molecular flexibility index (Phi) is 6.10. The largest absolute Gasteiger partial charge is 0.491 e. The molecule has 3 aliphatic heterocycles. The highest BCUT2D eigenvalue weighted by atomic mass is 16.6. The van der Waals surface area contributed by atoms with Crippen molar-refractivity contribution in [1.29, 1.82) is 0 Å². The Labute approximate surface area is 205 Å². The fourth-order valence-electron chi connectivity index (χ4n) is 4.21. The number of benzene rings is 3. The molecular weight excluding hydrogens is 444 g/mol. The summed E-state index contributed by atoms with van der Waals surface area (Å²) >= 11 is 0. The summed E-state index contributed by atoms with van der Waals surface area (Å²) in [6.07, 6.45) is 0.707. The van der Waals surface area contributed by atoms with Gasteiger partial charge < -0.3 is 28.4 Å². The van der Waals surface area contributed by atoms with Crippen molar-refractivity contribution in [3.63, 3.8) is 0 Å². The van der Waals surface area contributed by atoms with E-state index in [9.17, 15) is 0 Å². The van der Waals surface area contributed by atoms with Crippen LogP contribution in [0.1, 0.15) is 23.6 Å². The van der Waals surface area contributed by atoms with Gasteiger partial charge in [-0.2, -0.15) is 0 Å². The summed E-state index contributed by atoms with van der Waals surface area (Å²) in [7, 11) is 0. The van der Waals surface area contributed by atoms with Gasteiger partial charge in [0, 0.05) is 5.41 Å². The van der Waals surface area contributed by atoms with Crippen LogP contribution in [0, 0.1) is 0 Å². The number of rotatable bonds is 12. The van der Waals surface area contributed by atoms with Crippen LogP contribution in [0.5, 0.6) is 17.2 Å². The van der Waals surface area contributed by atoms with Crippen LogP contribution in [0.3, 0.4) is 0 Å². The second-order valence-electron chi connectivity index (χ2n) is 9.50. The summed E-state index contributed by atoms with van der Waals surface area (Å²) < 4.78 is 33.3. The molecule has 3 aromatic carbocycles. The monoisotopic (exact) mass is 474 g/mol. The van der Waals surface area contributed by atoms with Crippen molar-refractivity contribution in [1.82, 2.24) is 0 Å². The van der Waals surface area contributed by atoms with E-state index >= 15 is 0 Å². The fourth-order valence-corrected chi connectivity index (χ4v) is 4.21. The zero-order valence-electron chi connectivity index (χ0n) is 19.9. The third-order valence-corrected chi connectivity index (χ3v) is 6.81. The first-order valence-corrected chi connectivity index (χ1v) is 12.2. The van der Waals surface area contributed by atoms with E-state index in [1.807, 2.05) is 36.4 Å². The Balaban J connectivity index is 1.26. The second-order valence-corrected chi connectivity index (χ2v) is 9.50. The van der Waals surface area contributed by atoms with Gasteiger partial charge in [-0.1, -0.05) is 36.4 Å². The van der Waals surface area contributed by atoms with Gasteiger partial charge in [0.05, 0.1) is 19.8 Å². The zero-order valence-corrected chi connectivity index (χ0v) is 19.9. The molecule has 6 rings (SSSR count). The zero-order chi connectivity index (χ0) is 23.7. The van der Waals surface area contributed by atoms with Crippen molar-refractivity contribution in [2.75, 3.05) is 39.6 Å². The number of hydrogen-bond donors (Lipinski definition) is 0. The Morgan fingerprint density at radius 3 is 1.03 bits per heavy atom. The molecule has 3 fully saturated rings. The smallest absolute Gasteiger partial charge is 0.119 e. The molecule has 35 heavy (non-hydrogen) atoms. The maximum atomic E-state index is 5.86. The third kappa shape index (κ3) is 5.45. The lowest BCUT2D eigenvalue weighted by Gasteiger charge is -2.32. The van der Waals surface area contributed by atoms with Gasteiger partial charge >= 0.3 is 0 Å². The molecule has 0 aliphatic carbocycles. The molecule has 0 saturated carbocycles. The normalized spacial score (nSPS) is 22.4. The molecule has 3 heterocycles. The van der Waals surface area contributed by atoms with E-state index in [4.69, 9.17) is 28.4 Å². The van der Waals surface area contributed by atoms with Crippen molar-refractivity contribution in [2.45, 2.75) is 30.7 Å². The lowest BCUT2D eigenvalue weighted by molar-refractivity contribution is 0.262. The molecular formula is C29H30O6. The summed E-state index contributed by atoms with van der Waals surface area (Å²) in [6, 6.07) is 25.1. The molecule has 0 radical (unpaired) electrons. The maximum Gasteiger partial charge on any atom is 0.119 e. The van der Waals surface area contributed by atoms with Gasteiger partial charge in [-0.05, 0) is 60.0 Å². The van der Waals surface area contributed by atoms with Crippen LogP contribution in [0.15, 0.2) is 72.8 Å². The fraction of sp³-hybridized carbons (Fsp3) is 0.379. The average molecular weight is 475 g/mol. The average Bonchev–Trinajstić information content (AvgIpc) is 3.76. The highest BCUT2D eigenvalue weighted by Gasteiger charge is 2.32. The quantitative estimate of drug-likeness (QED) is 0.287. The molecule has 6 heteroatoms. The highest BCUT2D eigenvalue weighted by Crippen LogP contribution is 2.40. The first-order chi connectivity index (χ1) is 17.2. The predicted molar refractivity (Wildman–Crippen MR) is 131 cm³/mol. The topological polar surface area (TPSA) is 65.3 Å². The molecule has 182 valence electrons. The number of epoxide rings is 3. The molecule has 0 spiro atoms. The summed E-state index contributed by atoms with van der Waals surface area (Å²) in [4.78, 5) is 0. The van der Waals surface area contributed by atoms with E-state index < -0.39 is 0 Å². The van der Waals surface area contributed by atoms with E-state index in [-0.39, 0.29) is 23.7 Å². The van der Waals surface area contributed by atoms with Crippen molar-refractivity contribution >= 4 is 0 Å². The minimum atomic E-state index is -0.381. The molecule has 0 bridgehead atoms. The van der Waals surface area contributed by atoms with Crippen LogP contribution >= 0.6 is 0 Å². The van der Waals surface area contributed by atoms with Crippen LogP contribution in [-0.4, -0.2) is 58.0 Å². The molecule has 0 amide bonds. The van der Waals surface area contributed by atoms with Gasteiger partial charge in [-0.25, -0.2) is 0 Å². The molecule has 0 unspecified atom stereocenters. The lowest BCUT2D eigenvalue weighted by Crippen LogP contribution is -2.25. The van der Waals surface area contributed by atoms with E-state index in [0.717, 1.165) is 37.1 Å². The van der Waals surface area contributed by atoms with Gasteiger partial charge in [0.25, 0.3) is 0 Å². The molecule has 3 aliphatic rings. The van der Waals surface area contributed by atoms with Crippen molar-refractivity contribution in [3.05, 3.63) is 89.5 Å². The van der Waals surface area contributed by atoms with Crippen LogP contribution in [0.25, 0.3) is 0 Å².